The van der Waals surface area contributed by atoms with Crippen LogP contribution in [-0.4, -0.2) is 55.0 Å². The molecule has 20 heavy (non-hydrogen) atoms. The van der Waals surface area contributed by atoms with Crippen molar-refractivity contribution in [3.8, 4) is 0 Å². The van der Waals surface area contributed by atoms with Crippen LogP contribution in [0.2, 0.25) is 0 Å². The summed E-state index contributed by atoms with van der Waals surface area (Å²) in [6.07, 6.45) is 4.32. The molecular weight excluding hydrogens is 260 g/mol. The zero-order chi connectivity index (χ0) is 14.6. The zero-order valence-electron chi connectivity index (χ0n) is 11.8. The van der Waals surface area contributed by atoms with E-state index in [0.29, 0.717) is 25.9 Å². The van der Waals surface area contributed by atoms with Gasteiger partial charge in [0.15, 0.2) is 0 Å². The predicted molar refractivity (Wildman–Crippen MR) is 73.0 cm³/mol. The van der Waals surface area contributed by atoms with Crippen molar-refractivity contribution in [2.75, 3.05) is 26.7 Å². The van der Waals surface area contributed by atoms with Gasteiger partial charge in [-0.05, 0) is 19.9 Å². The Morgan fingerprint density at radius 2 is 1.95 bits per heavy atom. The van der Waals surface area contributed by atoms with Gasteiger partial charge in [0, 0.05) is 13.1 Å². The van der Waals surface area contributed by atoms with Gasteiger partial charge in [-0.1, -0.05) is 19.3 Å². The van der Waals surface area contributed by atoms with Crippen molar-refractivity contribution in [1.29, 1.82) is 0 Å². The van der Waals surface area contributed by atoms with Gasteiger partial charge in [0.1, 0.15) is 12.1 Å². The minimum atomic E-state index is -0.749. The van der Waals surface area contributed by atoms with Crippen molar-refractivity contribution in [3.05, 3.63) is 0 Å². The normalized spacial score (nSPS) is 21.1. The fourth-order valence-electron chi connectivity index (χ4n) is 2.84. The van der Waals surface area contributed by atoms with E-state index in [9.17, 15) is 14.4 Å². The minimum absolute atomic E-state index is 0.198. The molecule has 3 N–H and O–H groups in total. The lowest BCUT2D eigenvalue weighted by atomic mass is 9.82. The molecule has 1 heterocycles. The lowest BCUT2D eigenvalue weighted by molar-refractivity contribution is -0.135. The number of rotatable bonds is 5. The second-order valence-corrected chi connectivity index (χ2v) is 5.42. The number of hydrogen-bond acceptors (Lipinski definition) is 4. The average Bonchev–Trinajstić information content (AvgIpc) is 2.65. The van der Waals surface area contributed by atoms with E-state index in [1.54, 1.807) is 7.05 Å². The standard InChI is InChI=1S/C13H22N4O3/c1-14-7-8-15-10(18)9-17-11(19)13(16-12(17)20)5-3-2-4-6-13/h14H,2-9H2,1H3,(H,15,18)(H,16,20). The van der Waals surface area contributed by atoms with E-state index in [2.05, 4.69) is 16.0 Å². The highest BCUT2D eigenvalue weighted by atomic mass is 16.2. The first-order valence-electron chi connectivity index (χ1n) is 7.14. The van der Waals surface area contributed by atoms with E-state index < -0.39 is 11.6 Å². The lowest BCUT2D eigenvalue weighted by Crippen LogP contribution is -2.49. The molecule has 2 rings (SSSR count). The molecule has 1 aliphatic heterocycles. The van der Waals surface area contributed by atoms with Crippen LogP contribution in [0.4, 0.5) is 4.79 Å². The highest BCUT2D eigenvalue weighted by Crippen LogP contribution is 2.33. The Kier molecular flexibility index (Phi) is 4.59. The van der Waals surface area contributed by atoms with Gasteiger partial charge in [0.05, 0.1) is 0 Å². The molecule has 1 saturated carbocycles. The molecule has 1 aliphatic carbocycles. The van der Waals surface area contributed by atoms with Crippen molar-refractivity contribution in [1.82, 2.24) is 20.9 Å². The van der Waals surface area contributed by atoms with Crippen LogP contribution < -0.4 is 16.0 Å². The Hall–Kier alpha value is -1.63. The molecule has 0 unspecified atom stereocenters. The number of urea groups is 1. The highest BCUT2D eigenvalue weighted by Gasteiger charge is 2.51. The number of carbonyl (C=O) groups is 3. The van der Waals surface area contributed by atoms with Gasteiger partial charge < -0.3 is 16.0 Å². The first-order chi connectivity index (χ1) is 9.59. The number of carbonyl (C=O) groups excluding carboxylic acids is 3. The maximum Gasteiger partial charge on any atom is 0.325 e. The molecule has 0 radical (unpaired) electrons. The minimum Gasteiger partial charge on any atom is -0.353 e. The molecule has 1 saturated heterocycles. The molecular formula is C13H22N4O3. The molecule has 112 valence electrons. The van der Waals surface area contributed by atoms with Crippen molar-refractivity contribution in [2.45, 2.75) is 37.6 Å². The SMILES string of the molecule is CNCCNC(=O)CN1C(=O)NC2(CCCCC2)C1=O. The lowest BCUT2D eigenvalue weighted by Gasteiger charge is -2.30. The summed E-state index contributed by atoms with van der Waals surface area (Å²) >= 11 is 0. The summed E-state index contributed by atoms with van der Waals surface area (Å²) in [5.41, 5.74) is -0.749. The van der Waals surface area contributed by atoms with Gasteiger partial charge in [-0.3, -0.25) is 14.5 Å². The third kappa shape index (κ3) is 2.92. The van der Waals surface area contributed by atoms with Gasteiger partial charge in [0.25, 0.3) is 5.91 Å². The number of likely N-dealkylation sites (N-methyl/N-ethyl adjacent to an activating group) is 1. The van der Waals surface area contributed by atoms with E-state index in [0.717, 1.165) is 24.2 Å². The first kappa shape index (κ1) is 14.8. The highest BCUT2D eigenvalue weighted by molar-refractivity contribution is 6.09. The quantitative estimate of drug-likeness (QED) is 0.472. The smallest absolute Gasteiger partial charge is 0.325 e. The van der Waals surface area contributed by atoms with Crippen LogP contribution in [0.5, 0.6) is 0 Å². The van der Waals surface area contributed by atoms with Crippen LogP contribution in [0.3, 0.4) is 0 Å². The van der Waals surface area contributed by atoms with Gasteiger partial charge in [-0.25, -0.2) is 4.79 Å². The van der Waals surface area contributed by atoms with E-state index in [1.165, 1.54) is 0 Å². The van der Waals surface area contributed by atoms with Gasteiger partial charge >= 0.3 is 6.03 Å². The fraction of sp³-hybridized carbons (Fsp3) is 0.769. The van der Waals surface area contributed by atoms with E-state index in [1.807, 2.05) is 0 Å². The number of nitrogens with zero attached hydrogens (tertiary/aromatic N) is 1. The van der Waals surface area contributed by atoms with Crippen LogP contribution in [0.1, 0.15) is 32.1 Å². The molecule has 7 heteroatoms. The molecule has 0 atom stereocenters. The number of hydrogen-bond donors (Lipinski definition) is 3. The zero-order valence-corrected chi connectivity index (χ0v) is 11.8. The van der Waals surface area contributed by atoms with Crippen LogP contribution >= 0.6 is 0 Å². The Morgan fingerprint density at radius 1 is 1.25 bits per heavy atom. The van der Waals surface area contributed by atoms with Gasteiger partial charge in [0.2, 0.25) is 5.91 Å². The van der Waals surface area contributed by atoms with E-state index >= 15 is 0 Å². The molecule has 1 spiro atoms. The molecule has 2 fully saturated rings. The summed E-state index contributed by atoms with van der Waals surface area (Å²) in [5.74, 6) is -0.553. The molecule has 0 aromatic carbocycles. The molecule has 2 aliphatic rings. The van der Waals surface area contributed by atoms with Crippen LogP contribution in [-0.2, 0) is 9.59 Å². The molecule has 7 nitrogen and oxygen atoms in total. The predicted octanol–water partition coefficient (Wildman–Crippen LogP) is -0.423. The fourth-order valence-corrected chi connectivity index (χ4v) is 2.84. The molecule has 0 aromatic heterocycles. The maximum absolute atomic E-state index is 12.4. The number of imide groups is 1. The summed E-state index contributed by atoms with van der Waals surface area (Å²) in [4.78, 5) is 37.1. The first-order valence-corrected chi connectivity index (χ1v) is 7.14. The third-order valence-corrected chi connectivity index (χ3v) is 3.95. The number of nitrogens with one attached hydrogen (secondary N) is 3. The second kappa shape index (κ2) is 6.21. The molecule has 0 aromatic rings. The van der Waals surface area contributed by atoms with Crippen molar-refractivity contribution < 1.29 is 14.4 Å². The monoisotopic (exact) mass is 282 g/mol. The summed E-state index contributed by atoms with van der Waals surface area (Å²) in [7, 11) is 1.79. The Balaban J connectivity index is 1.93. The Bertz CT molecular complexity index is 404. The average molecular weight is 282 g/mol. The molecule has 4 amide bonds. The van der Waals surface area contributed by atoms with Crippen molar-refractivity contribution in [3.63, 3.8) is 0 Å². The Morgan fingerprint density at radius 3 is 2.60 bits per heavy atom. The van der Waals surface area contributed by atoms with Crippen molar-refractivity contribution in [2.24, 2.45) is 0 Å². The van der Waals surface area contributed by atoms with Crippen LogP contribution in [0.15, 0.2) is 0 Å². The van der Waals surface area contributed by atoms with Gasteiger partial charge in [-0.2, -0.15) is 0 Å². The summed E-state index contributed by atoms with van der Waals surface area (Å²) in [5, 5.41) is 8.36. The summed E-state index contributed by atoms with van der Waals surface area (Å²) < 4.78 is 0. The van der Waals surface area contributed by atoms with Crippen molar-refractivity contribution >= 4 is 17.8 Å². The van der Waals surface area contributed by atoms with Crippen LogP contribution in [0, 0.1) is 0 Å². The van der Waals surface area contributed by atoms with E-state index in [-0.39, 0.29) is 18.4 Å². The Labute approximate surface area is 118 Å². The second-order valence-electron chi connectivity index (χ2n) is 5.42. The van der Waals surface area contributed by atoms with E-state index in [4.69, 9.17) is 0 Å². The van der Waals surface area contributed by atoms with Crippen LogP contribution in [0.25, 0.3) is 0 Å². The topological polar surface area (TPSA) is 90.5 Å². The summed E-state index contributed by atoms with van der Waals surface area (Å²) in [6.45, 7) is 0.927. The van der Waals surface area contributed by atoms with Gasteiger partial charge in [-0.15, -0.1) is 0 Å². The maximum atomic E-state index is 12.4. The molecule has 0 bridgehead atoms. The largest absolute Gasteiger partial charge is 0.353 e. The summed E-state index contributed by atoms with van der Waals surface area (Å²) in [6, 6.07) is -0.444. The third-order valence-electron chi connectivity index (χ3n) is 3.95. The number of amides is 4.